The molecule has 0 spiro atoms. The minimum absolute atomic E-state index is 0.0596. The van der Waals surface area contributed by atoms with Crippen molar-refractivity contribution in [1.29, 1.82) is 0 Å². The van der Waals surface area contributed by atoms with Crippen LogP contribution in [0.3, 0.4) is 0 Å². The van der Waals surface area contributed by atoms with E-state index in [1.807, 2.05) is 19.1 Å². The Hall–Kier alpha value is -2.68. The third kappa shape index (κ3) is 5.46. The molecule has 9 heteroatoms. The molecule has 0 amide bonds. The van der Waals surface area contributed by atoms with Crippen LogP contribution in [-0.4, -0.2) is 51.8 Å². The number of aliphatic hydroxyl groups is 2. The lowest BCUT2D eigenvalue weighted by molar-refractivity contribution is 0.0534. The first-order valence-electron chi connectivity index (χ1n) is 11.1. The Kier molecular flexibility index (Phi) is 7.47. The van der Waals surface area contributed by atoms with Crippen molar-refractivity contribution in [3.63, 3.8) is 0 Å². The summed E-state index contributed by atoms with van der Waals surface area (Å²) in [7, 11) is 1.60. The standard InChI is InChI=1S/C24H28ClN3O5/c1-14-8-16(9-19(25)22(14)32-13-18(30)12-29)23-27-24(33-28-23)17-10-20(26-21(11-17)31-2)15-6-4-3-5-7-15/h8-11,15,18,29-30H,3-7,12-13H2,1-2H3/t18-/m0/s1. The van der Waals surface area contributed by atoms with Crippen molar-refractivity contribution in [2.75, 3.05) is 20.3 Å². The molecule has 8 nitrogen and oxygen atoms in total. The van der Waals surface area contributed by atoms with Gasteiger partial charge in [-0.25, -0.2) is 4.98 Å². The van der Waals surface area contributed by atoms with Crippen molar-refractivity contribution >= 4 is 11.6 Å². The highest BCUT2D eigenvalue weighted by molar-refractivity contribution is 6.32. The molecule has 1 fully saturated rings. The molecule has 33 heavy (non-hydrogen) atoms. The molecule has 4 rings (SSSR count). The van der Waals surface area contributed by atoms with E-state index in [0.717, 1.165) is 29.7 Å². The lowest BCUT2D eigenvalue weighted by Crippen LogP contribution is -2.21. The van der Waals surface area contributed by atoms with Crippen LogP contribution in [0.1, 0.15) is 49.3 Å². The van der Waals surface area contributed by atoms with Gasteiger partial charge in [0.25, 0.3) is 5.89 Å². The summed E-state index contributed by atoms with van der Waals surface area (Å²) in [5.74, 6) is 2.15. The van der Waals surface area contributed by atoms with Crippen molar-refractivity contribution in [3.8, 4) is 34.5 Å². The second-order valence-electron chi connectivity index (χ2n) is 8.33. The highest BCUT2D eigenvalue weighted by atomic mass is 35.5. The fraction of sp³-hybridized carbons (Fsp3) is 0.458. The maximum Gasteiger partial charge on any atom is 0.258 e. The van der Waals surface area contributed by atoms with Crippen LogP contribution in [-0.2, 0) is 0 Å². The molecule has 0 saturated heterocycles. The number of nitrogens with zero attached hydrogens (tertiary/aromatic N) is 3. The molecule has 0 aliphatic heterocycles. The van der Waals surface area contributed by atoms with Crippen molar-refractivity contribution in [2.45, 2.75) is 51.0 Å². The molecule has 3 aromatic rings. The van der Waals surface area contributed by atoms with Crippen LogP contribution >= 0.6 is 11.6 Å². The number of benzene rings is 1. The summed E-state index contributed by atoms with van der Waals surface area (Å²) >= 11 is 6.40. The number of aryl methyl sites for hydroxylation is 1. The fourth-order valence-electron chi connectivity index (χ4n) is 4.09. The van der Waals surface area contributed by atoms with Gasteiger partial charge >= 0.3 is 0 Å². The van der Waals surface area contributed by atoms with Gasteiger partial charge in [0.15, 0.2) is 0 Å². The molecule has 176 valence electrons. The second kappa shape index (κ2) is 10.5. The van der Waals surface area contributed by atoms with Gasteiger partial charge in [-0.1, -0.05) is 36.0 Å². The van der Waals surface area contributed by atoms with Gasteiger partial charge in [0, 0.05) is 28.8 Å². The molecule has 0 bridgehead atoms. The smallest absolute Gasteiger partial charge is 0.258 e. The van der Waals surface area contributed by atoms with Crippen LogP contribution in [0.15, 0.2) is 28.8 Å². The zero-order valence-electron chi connectivity index (χ0n) is 18.8. The molecule has 1 atom stereocenters. The van der Waals surface area contributed by atoms with E-state index in [0.29, 0.717) is 39.8 Å². The Balaban J connectivity index is 1.60. The van der Waals surface area contributed by atoms with Gasteiger partial charge in [0.1, 0.15) is 18.5 Å². The Bertz CT molecular complexity index is 1070. The number of aromatic nitrogens is 3. The monoisotopic (exact) mass is 473 g/mol. The molecule has 1 aliphatic carbocycles. The van der Waals surface area contributed by atoms with Gasteiger partial charge in [-0.3, -0.25) is 0 Å². The number of methoxy groups -OCH3 is 1. The number of ether oxygens (including phenoxy) is 2. The lowest BCUT2D eigenvalue weighted by Gasteiger charge is -2.21. The molecule has 0 unspecified atom stereocenters. The highest BCUT2D eigenvalue weighted by Gasteiger charge is 2.21. The number of rotatable bonds is 8. The van der Waals surface area contributed by atoms with Gasteiger partial charge in [-0.2, -0.15) is 4.98 Å². The normalized spacial score (nSPS) is 15.4. The van der Waals surface area contributed by atoms with E-state index >= 15 is 0 Å². The van der Waals surface area contributed by atoms with E-state index in [4.69, 9.17) is 30.7 Å². The minimum atomic E-state index is -0.976. The molecular weight excluding hydrogens is 446 g/mol. The molecule has 1 aromatic carbocycles. The van der Waals surface area contributed by atoms with E-state index in [2.05, 4.69) is 15.1 Å². The first kappa shape index (κ1) is 23.5. The maximum atomic E-state index is 9.52. The predicted molar refractivity (Wildman–Crippen MR) is 124 cm³/mol. The van der Waals surface area contributed by atoms with Gasteiger partial charge in [-0.15, -0.1) is 0 Å². The Morgan fingerprint density at radius 2 is 1.91 bits per heavy atom. The summed E-state index contributed by atoms with van der Waals surface area (Å²) in [5.41, 5.74) is 3.19. The van der Waals surface area contributed by atoms with Crippen LogP contribution in [0, 0.1) is 6.92 Å². The Labute approximate surface area is 197 Å². The summed E-state index contributed by atoms with van der Waals surface area (Å²) < 4.78 is 16.6. The van der Waals surface area contributed by atoms with Crippen molar-refractivity contribution in [1.82, 2.24) is 15.1 Å². The molecule has 2 heterocycles. The van der Waals surface area contributed by atoms with Crippen LogP contribution in [0.25, 0.3) is 22.8 Å². The number of halogens is 1. The SMILES string of the molecule is COc1cc(-c2nc(-c3cc(C)c(OC[C@@H](O)CO)c(Cl)c3)no2)cc(C2CCCCC2)n1. The zero-order chi connectivity index (χ0) is 23.4. The predicted octanol–water partition coefficient (Wildman–Crippen LogP) is 4.55. The number of hydrogen-bond donors (Lipinski definition) is 2. The molecule has 1 aliphatic rings. The average molecular weight is 474 g/mol. The number of aliphatic hydroxyl groups excluding tert-OH is 2. The molecule has 1 saturated carbocycles. The summed E-state index contributed by atoms with van der Waals surface area (Å²) in [6, 6.07) is 7.33. The largest absolute Gasteiger partial charge is 0.489 e. The van der Waals surface area contributed by atoms with Gasteiger partial charge in [0.05, 0.1) is 18.7 Å². The minimum Gasteiger partial charge on any atom is -0.489 e. The summed E-state index contributed by atoms with van der Waals surface area (Å²) in [6.45, 7) is 1.39. The van der Waals surface area contributed by atoms with Crippen molar-refractivity contribution in [3.05, 3.63) is 40.5 Å². The quantitative estimate of drug-likeness (QED) is 0.490. The first-order valence-corrected chi connectivity index (χ1v) is 11.5. The average Bonchev–Trinajstić information content (AvgIpc) is 3.34. The van der Waals surface area contributed by atoms with Gasteiger partial charge in [0.2, 0.25) is 11.7 Å². The van der Waals surface area contributed by atoms with Gasteiger partial charge in [-0.05, 0) is 43.5 Å². The topological polar surface area (TPSA) is 111 Å². The second-order valence-corrected chi connectivity index (χ2v) is 8.74. The summed E-state index contributed by atoms with van der Waals surface area (Å²) in [5, 5.41) is 23.0. The van der Waals surface area contributed by atoms with Crippen molar-refractivity contribution < 1.29 is 24.2 Å². The van der Waals surface area contributed by atoms with Crippen LogP contribution in [0.2, 0.25) is 5.02 Å². The number of hydrogen-bond acceptors (Lipinski definition) is 8. The van der Waals surface area contributed by atoms with E-state index in [9.17, 15) is 5.11 Å². The third-order valence-electron chi connectivity index (χ3n) is 5.85. The van der Waals surface area contributed by atoms with E-state index < -0.39 is 6.10 Å². The molecule has 2 N–H and O–H groups in total. The van der Waals surface area contributed by atoms with Crippen molar-refractivity contribution in [2.24, 2.45) is 0 Å². The third-order valence-corrected chi connectivity index (χ3v) is 6.13. The Morgan fingerprint density at radius 3 is 2.61 bits per heavy atom. The van der Waals surface area contributed by atoms with E-state index in [1.54, 1.807) is 19.2 Å². The first-order chi connectivity index (χ1) is 16.0. The summed E-state index contributed by atoms with van der Waals surface area (Å²) in [4.78, 5) is 9.24. The molecule has 2 aromatic heterocycles. The zero-order valence-corrected chi connectivity index (χ0v) is 19.5. The van der Waals surface area contributed by atoms with Crippen LogP contribution < -0.4 is 9.47 Å². The van der Waals surface area contributed by atoms with Crippen LogP contribution in [0.5, 0.6) is 11.6 Å². The van der Waals surface area contributed by atoms with Crippen LogP contribution in [0.4, 0.5) is 0 Å². The number of pyridine rings is 1. The maximum absolute atomic E-state index is 9.52. The lowest BCUT2D eigenvalue weighted by atomic mass is 9.86. The Morgan fingerprint density at radius 1 is 1.12 bits per heavy atom. The van der Waals surface area contributed by atoms with E-state index in [1.165, 1.54) is 19.3 Å². The fourth-order valence-corrected chi connectivity index (χ4v) is 4.42. The van der Waals surface area contributed by atoms with E-state index in [-0.39, 0.29) is 13.2 Å². The summed E-state index contributed by atoms with van der Waals surface area (Å²) in [6.07, 6.45) is 4.96. The highest BCUT2D eigenvalue weighted by Crippen LogP contribution is 2.36. The molecule has 0 radical (unpaired) electrons. The molecular formula is C24H28ClN3O5. The van der Waals surface area contributed by atoms with Gasteiger partial charge < -0.3 is 24.2 Å².